The smallest absolute Gasteiger partial charge is 0.272 e. The van der Waals surface area contributed by atoms with Gasteiger partial charge in [-0.1, -0.05) is 6.42 Å². The van der Waals surface area contributed by atoms with Crippen LogP contribution < -0.4 is 5.69 Å². The molecule has 0 aliphatic heterocycles. The van der Waals surface area contributed by atoms with Crippen LogP contribution in [-0.4, -0.2) is 26.8 Å². The summed E-state index contributed by atoms with van der Waals surface area (Å²) < 4.78 is 2.05. The summed E-state index contributed by atoms with van der Waals surface area (Å²) >= 11 is 6.80. The van der Waals surface area contributed by atoms with Crippen LogP contribution in [0.1, 0.15) is 19.3 Å². The second-order valence-electron chi connectivity index (χ2n) is 3.07. The van der Waals surface area contributed by atoms with E-state index in [4.69, 9.17) is 12.2 Å². The molecule has 1 heterocycles. The van der Waals surface area contributed by atoms with Crippen molar-refractivity contribution in [1.29, 1.82) is 0 Å². The van der Waals surface area contributed by atoms with Crippen molar-refractivity contribution < 1.29 is 0 Å². The number of unbranched alkanes of at least 4 members (excludes halogenated alkanes) is 2. The summed E-state index contributed by atoms with van der Waals surface area (Å²) in [5.74, 6) is 1.19. The van der Waals surface area contributed by atoms with E-state index in [0.29, 0.717) is 11.3 Å². The van der Waals surface area contributed by atoms with Gasteiger partial charge in [0.1, 0.15) is 0 Å². The highest BCUT2D eigenvalue weighted by Gasteiger charge is 1.98. The zero-order chi connectivity index (χ0) is 10.4. The van der Waals surface area contributed by atoms with Gasteiger partial charge in [-0.05, 0) is 37.1 Å². The van der Waals surface area contributed by atoms with Crippen LogP contribution in [0.4, 0.5) is 0 Å². The predicted octanol–water partition coefficient (Wildman–Crippen LogP) is 1.77. The molecule has 0 radical (unpaired) electrons. The molecule has 0 aliphatic rings. The minimum atomic E-state index is -0.139. The molecular weight excluding hydrogens is 218 g/mol. The Labute approximate surface area is 92.1 Å². The van der Waals surface area contributed by atoms with Crippen molar-refractivity contribution in [1.82, 2.24) is 14.8 Å². The Hall–Kier alpha value is -0.490. The lowest BCUT2D eigenvalue weighted by Gasteiger charge is -1.99. The lowest BCUT2D eigenvalue weighted by molar-refractivity contribution is 0.585. The van der Waals surface area contributed by atoms with Gasteiger partial charge in [-0.25, -0.2) is 9.89 Å². The van der Waals surface area contributed by atoms with Crippen molar-refractivity contribution >= 4 is 24.0 Å². The molecule has 4 nitrogen and oxygen atoms in total. The van der Waals surface area contributed by atoms with E-state index in [1.165, 1.54) is 12.2 Å². The van der Waals surface area contributed by atoms with Crippen LogP contribution in [0.15, 0.2) is 4.79 Å². The Bertz CT molecular complexity index is 338. The molecule has 2 N–H and O–H groups in total. The maximum absolute atomic E-state index is 11.2. The Morgan fingerprint density at radius 2 is 2.14 bits per heavy atom. The van der Waals surface area contributed by atoms with Crippen LogP contribution >= 0.6 is 24.0 Å². The third-order valence-corrected chi connectivity index (χ3v) is 3.02. The zero-order valence-electron chi connectivity index (χ0n) is 8.21. The van der Waals surface area contributed by atoms with E-state index < -0.39 is 0 Å². The number of nitrogens with one attached hydrogen (secondary N) is 2. The topological polar surface area (TPSA) is 53.6 Å². The van der Waals surface area contributed by atoms with Crippen molar-refractivity contribution in [2.75, 3.05) is 12.0 Å². The first-order chi connectivity index (χ1) is 6.75. The van der Waals surface area contributed by atoms with E-state index in [0.717, 1.165) is 12.8 Å². The third-order valence-electron chi connectivity index (χ3n) is 2.00. The van der Waals surface area contributed by atoms with Crippen molar-refractivity contribution in [3.63, 3.8) is 0 Å². The lowest BCUT2D eigenvalue weighted by Crippen LogP contribution is -2.16. The second-order valence-corrected chi connectivity index (χ2v) is 4.44. The van der Waals surface area contributed by atoms with Crippen molar-refractivity contribution in [3.05, 3.63) is 15.3 Å². The highest BCUT2D eigenvalue weighted by molar-refractivity contribution is 7.98. The van der Waals surface area contributed by atoms with Crippen molar-refractivity contribution in [3.8, 4) is 0 Å². The van der Waals surface area contributed by atoms with Crippen molar-refractivity contribution in [2.45, 2.75) is 25.8 Å². The molecule has 0 bridgehead atoms. The number of aromatic amines is 2. The van der Waals surface area contributed by atoms with Crippen LogP contribution in [0.2, 0.25) is 0 Å². The summed E-state index contributed by atoms with van der Waals surface area (Å²) in [4.78, 5) is 11.2. The maximum Gasteiger partial charge on any atom is 0.342 e. The molecule has 0 atom stereocenters. The molecule has 14 heavy (non-hydrogen) atoms. The molecule has 0 saturated heterocycles. The number of hydrogen-bond acceptors (Lipinski definition) is 3. The van der Waals surface area contributed by atoms with E-state index in [-0.39, 0.29) is 5.69 Å². The molecule has 0 spiro atoms. The Morgan fingerprint density at radius 1 is 1.36 bits per heavy atom. The Kier molecular flexibility index (Phi) is 5.03. The van der Waals surface area contributed by atoms with Gasteiger partial charge in [-0.3, -0.25) is 9.67 Å². The van der Waals surface area contributed by atoms with Gasteiger partial charge in [0.2, 0.25) is 0 Å². The van der Waals surface area contributed by atoms with Gasteiger partial charge < -0.3 is 0 Å². The van der Waals surface area contributed by atoms with Crippen LogP contribution in [-0.2, 0) is 6.54 Å². The minimum Gasteiger partial charge on any atom is -0.272 e. The molecule has 6 heteroatoms. The van der Waals surface area contributed by atoms with Crippen LogP contribution in [0.3, 0.4) is 0 Å². The van der Waals surface area contributed by atoms with E-state index in [2.05, 4.69) is 16.5 Å². The fourth-order valence-electron chi connectivity index (χ4n) is 1.23. The third kappa shape index (κ3) is 3.34. The standard InChI is InChI=1S/C8H15N3OS2/c1-14-6-4-2-3-5-11-7(12)9-10-8(11)13/h2-6H2,1H3,(H,9,12)(H,10,13). The van der Waals surface area contributed by atoms with Gasteiger partial charge in [0.25, 0.3) is 0 Å². The van der Waals surface area contributed by atoms with Gasteiger partial charge in [-0.2, -0.15) is 11.8 Å². The summed E-state index contributed by atoms with van der Waals surface area (Å²) in [6.45, 7) is 0.714. The lowest BCUT2D eigenvalue weighted by atomic mass is 10.2. The van der Waals surface area contributed by atoms with Crippen LogP contribution in [0.25, 0.3) is 0 Å². The van der Waals surface area contributed by atoms with E-state index in [1.54, 1.807) is 4.57 Å². The molecule has 1 aromatic rings. The first kappa shape index (κ1) is 11.6. The largest absolute Gasteiger partial charge is 0.342 e. The minimum absolute atomic E-state index is 0.139. The molecule has 0 amide bonds. The van der Waals surface area contributed by atoms with E-state index >= 15 is 0 Å². The quantitative estimate of drug-likeness (QED) is 0.581. The summed E-state index contributed by atoms with van der Waals surface area (Å²) in [5, 5.41) is 5.09. The number of nitrogens with zero attached hydrogens (tertiary/aromatic N) is 1. The van der Waals surface area contributed by atoms with Gasteiger partial charge in [-0.15, -0.1) is 0 Å². The summed E-state index contributed by atoms with van der Waals surface area (Å²) in [6.07, 6.45) is 5.47. The molecule has 0 unspecified atom stereocenters. The van der Waals surface area contributed by atoms with Gasteiger partial charge in [0.05, 0.1) is 0 Å². The zero-order valence-corrected chi connectivity index (χ0v) is 9.84. The number of hydrogen-bond donors (Lipinski definition) is 2. The van der Waals surface area contributed by atoms with E-state index in [9.17, 15) is 4.79 Å². The summed E-state index contributed by atoms with van der Waals surface area (Å²) in [5.41, 5.74) is -0.139. The monoisotopic (exact) mass is 233 g/mol. The first-order valence-corrected chi connectivity index (χ1v) is 6.42. The molecule has 0 fully saturated rings. The Morgan fingerprint density at radius 3 is 2.71 bits per heavy atom. The Balaban J connectivity index is 2.32. The highest BCUT2D eigenvalue weighted by atomic mass is 32.2. The number of H-pyrrole nitrogens is 2. The van der Waals surface area contributed by atoms with Crippen LogP contribution in [0.5, 0.6) is 0 Å². The fourth-order valence-corrected chi connectivity index (χ4v) is 1.95. The SMILES string of the molecule is CSCCCCCn1c(=O)[nH][nH]c1=S. The molecular formula is C8H15N3OS2. The summed E-state index contributed by atoms with van der Waals surface area (Å²) in [7, 11) is 0. The second kappa shape index (κ2) is 6.08. The average molecular weight is 233 g/mol. The number of thioether (sulfide) groups is 1. The fraction of sp³-hybridized carbons (Fsp3) is 0.750. The molecule has 1 aromatic heterocycles. The van der Waals surface area contributed by atoms with Crippen molar-refractivity contribution in [2.24, 2.45) is 0 Å². The average Bonchev–Trinajstić information content (AvgIpc) is 2.48. The molecule has 0 saturated carbocycles. The predicted molar refractivity (Wildman–Crippen MR) is 62.5 cm³/mol. The molecule has 80 valence electrons. The maximum atomic E-state index is 11.2. The highest BCUT2D eigenvalue weighted by Crippen LogP contribution is 2.03. The van der Waals surface area contributed by atoms with Gasteiger partial charge in [0, 0.05) is 6.54 Å². The first-order valence-electron chi connectivity index (χ1n) is 4.62. The molecule has 0 aliphatic carbocycles. The molecule has 0 aromatic carbocycles. The summed E-state index contributed by atoms with van der Waals surface area (Å²) in [6, 6.07) is 0. The normalized spacial score (nSPS) is 10.6. The van der Waals surface area contributed by atoms with Crippen LogP contribution in [0, 0.1) is 4.77 Å². The number of rotatable bonds is 6. The van der Waals surface area contributed by atoms with E-state index in [1.807, 2.05) is 11.8 Å². The molecule has 1 rings (SSSR count). The van der Waals surface area contributed by atoms with Gasteiger partial charge >= 0.3 is 5.69 Å². The van der Waals surface area contributed by atoms with Gasteiger partial charge in [0.15, 0.2) is 4.77 Å². The number of aromatic nitrogens is 3.